The van der Waals surface area contributed by atoms with E-state index in [1.807, 2.05) is 28.7 Å². The molecule has 0 radical (unpaired) electrons. The maximum Gasteiger partial charge on any atom is 0.162 e. The summed E-state index contributed by atoms with van der Waals surface area (Å²) in [6.45, 7) is 1.29. The first kappa shape index (κ1) is 10.1. The summed E-state index contributed by atoms with van der Waals surface area (Å²) in [6, 6.07) is 4.31. The summed E-state index contributed by atoms with van der Waals surface area (Å²) in [7, 11) is 0. The fourth-order valence-electron chi connectivity index (χ4n) is 0.902. The number of ketones is 1. The number of carbonyl (C=O) groups is 1. The molecule has 2 nitrogen and oxygen atoms in total. The third-order valence-corrected chi connectivity index (χ3v) is 2.45. The molecule has 0 unspecified atom stereocenters. The lowest BCUT2D eigenvalue weighted by Gasteiger charge is -2.00. The molecule has 66 valence electrons. The largest absolute Gasteiger partial charge is 0.294 e. The first-order valence-corrected chi connectivity index (χ1v) is 4.54. The zero-order valence-corrected chi connectivity index (χ0v) is 8.92. The fourth-order valence-corrected chi connectivity index (χ4v) is 1.49. The smallest absolute Gasteiger partial charge is 0.162 e. The van der Waals surface area contributed by atoms with Crippen molar-refractivity contribution in [3.63, 3.8) is 0 Å². The average Bonchev–Trinajstić information content (AvgIpc) is 2.07. The van der Waals surface area contributed by atoms with Crippen LogP contribution in [0.5, 0.6) is 0 Å². The lowest BCUT2D eigenvalue weighted by molar-refractivity contribution is 0.101. The molecule has 0 saturated heterocycles. The van der Waals surface area contributed by atoms with Crippen molar-refractivity contribution in [1.82, 2.24) is 0 Å². The van der Waals surface area contributed by atoms with Crippen molar-refractivity contribution in [2.75, 3.05) is 0 Å². The molecule has 0 aliphatic heterocycles. The Morgan fingerprint density at radius 3 is 2.69 bits per heavy atom. The van der Waals surface area contributed by atoms with Gasteiger partial charge < -0.3 is 0 Å². The van der Waals surface area contributed by atoms with E-state index in [2.05, 4.69) is 0 Å². The fraction of sp³-hybridized carbons (Fsp3) is 0.111. The Morgan fingerprint density at radius 2 is 2.23 bits per heavy atom. The second-order valence-electron chi connectivity index (χ2n) is 2.48. The number of Topliss-reactive ketones (excluding diaryl/α,β-unsaturated/α-hetero) is 1. The molecule has 0 aliphatic carbocycles. The van der Waals surface area contributed by atoms with Gasteiger partial charge in [-0.2, -0.15) is 5.26 Å². The second kappa shape index (κ2) is 3.83. The van der Waals surface area contributed by atoms with Crippen LogP contribution in [0.2, 0.25) is 0 Å². The summed E-state index contributed by atoms with van der Waals surface area (Å²) in [5.74, 6) is -0.968. The number of benzene rings is 1. The average molecular weight is 289 g/mol. The van der Waals surface area contributed by atoms with Gasteiger partial charge >= 0.3 is 0 Å². The van der Waals surface area contributed by atoms with E-state index in [-0.39, 0.29) is 16.9 Å². The monoisotopic (exact) mass is 289 g/mol. The molecule has 4 heteroatoms. The molecule has 0 bridgehead atoms. The van der Waals surface area contributed by atoms with Crippen LogP contribution >= 0.6 is 22.6 Å². The van der Waals surface area contributed by atoms with Crippen LogP contribution in [0.25, 0.3) is 0 Å². The molecule has 0 saturated carbocycles. The molecule has 0 fully saturated rings. The Kier molecular flexibility index (Phi) is 2.98. The highest BCUT2D eigenvalue weighted by molar-refractivity contribution is 14.1. The second-order valence-corrected chi connectivity index (χ2v) is 3.64. The number of hydrogen-bond acceptors (Lipinski definition) is 2. The molecular weight excluding hydrogens is 284 g/mol. The summed E-state index contributed by atoms with van der Waals surface area (Å²) in [6.07, 6.45) is 0. The van der Waals surface area contributed by atoms with Crippen LogP contribution in [0.4, 0.5) is 4.39 Å². The van der Waals surface area contributed by atoms with Crippen LogP contribution in [0.3, 0.4) is 0 Å². The predicted octanol–water partition coefficient (Wildman–Crippen LogP) is 2.50. The normalized spacial score (nSPS) is 9.38. The number of halogens is 2. The Morgan fingerprint density at radius 1 is 1.62 bits per heavy atom. The summed E-state index contributed by atoms with van der Waals surface area (Å²) in [5, 5.41) is 8.57. The van der Waals surface area contributed by atoms with Crippen LogP contribution in [-0.4, -0.2) is 5.78 Å². The standard InChI is InChI=1S/C9H5FINO/c1-5(13)7-3-9(11)6(4-12)2-8(7)10/h2-3H,1H3. The Hall–Kier alpha value is -0.960. The molecule has 0 atom stereocenters. The molecule has 13 heavy (non-hydrogen) atoms. The Labute approximate surface area is 88.5 Å². The van der Waals surface area contributed by atoms with Crippen LogP contribution in [0.15, 0.2) is 12.1 Å². The summed E-state index contributed by atoms with van der Waals surface area (Å²) in [4.78, 5) is 10.9. The molecule has 0 N–H and O–H groups in total. The molecule has 1 aromatic carbocycles. The summed E-state index contributed by atoms with van der Waals surface area (Å²) < 4.78 is 13.7. The van der Waals surface area contributed by atoms with E-state index in [4.69, 9.17) is 5.26 Å². The molecular formula is C9H5FINO. The Balaban J connectivity index is 3.39. The minimum absolute atomic E-state index is 0.0309. The Bertz CT molecular complexity index is 409. The van der Waals surface area contributed by atoms with Crippen molar-refractivity contribution < 1.29 is 9.18 Å². The van der Waals surface area contributed by atoms with Gasteiger partial charge in [-0.05, 0) is 41.6 Å². The molecule has 0 aromatic heterocycles. The molecule has 0 heterocycles. The zero-order valence-electron chi connectivity index (χ0n) is 6.77. The maximum atomic E-state index is 13.1. The highest BCUT2D eigenvalue weighted by atomic mass is 127. The van der Waals surface area contributed by atoms with E-state index < -0.39 is 5.82 Å². The van der Waals surface area contributed by atoms with Crippen LogP contribution < -0.4 is 0 Å². The minimum atomic E-state index is -0.635. The number of nitriles is 1. The van der Waals surface area contributed by atoms with E-state index in [0.29, 0.717) is 3.57 Å². The molecule has 0 aliphatic rings. The van der Waals surface area contributed by atoms with Crippen molar-refractivity contribution in [2.45, 2.75) is 6.92 Å². The van der Waals surface area contributed by atoms with Crippen molar-refractivity contribution >= 4 is 28.4 Å². The van der Waals surface area contributed by atoms with Crippen molar-refractivity contribution in [3.05, 3.63) is 32.6 Å². The van der Waals surface area contributed by atoms with Crippen LogP contribution in [0.1, 0.15) is 22.8 Å². The van der Waals surface area contributed by atoms with Gasteiger partial charge in [0.25, 0.3) is 0 Å². The van der Waals surface area contributed by atoms with Crippen molar-refractivity contribution in [2.24, 2.45) is 0 Å². The minimum Gasteiger partial charge on any atom is -0.294 e. The SMILES string of the molecule is CC(=O)c1cc(I)c(C#N)cc1F. The van der Waals surface area contributed by atoms with Crippen molar-refractivity contribution in [3.8, 4) is 6.07 Å². The lowest BCUT2D eigenvalue weighted by Crippen LogP contribution is -1.99. The van der Waals surface area contributed by atoms with E-state index in [0.717, 1.165) is 6.07 Å². The topological polar surface area (TPSA) is 40.9 Å². The van der Waals surface area contributed by atoms with E-state index in [1.165, 1.54) is 13.0 Å². The van der Waals surface area contributed by atoms with Gasteiger partial charge in [-0.15, -0.1) is 0 Å². The van der Waals surface area contributed by atoms with Gasteiger partial charge in [0.15, 0.2) is 5.78 Å². The van der Waals surface area contributed by atoms with Crippen LogP contribution in [0, 0.1) is 20.7 Å². The molecule has 1 aromatic rings. The van der Waals surface area contributed by atoms with Gasteiger partial charge in [-0.1, -0.05) is 0 Å². The molecule has 0 amide bonds. The first-order chi connectivity index (χ1) is 6.06. The third kappa shape index (κ3) is 2.04. The van der Waals surface area contributed by atoms with Gasteiger partial charge in [0.05, 0.1) is 11.1 Å². The van der Waals surface area contributed by atoms with E-state index in [9.17, 15) is 9.18 Å². The lowest BCUT2D eigenvalue weighted by atomic mass is 10.1. The van der Waals surface area contributed by atoms with Gasteiger partial charge in [-0.3, -0.25) is 4.79 Å². The number of nitrogens with zero attached hydrogens (tertiary/aromatic N) is 1. The number of carbonyl (C=O) groups excluding carboxylic acids is 1. The van der Waals surface area contributed by atoms with E-state index >= 15 is 0 Å². The first-order valence-electron chi connectivity index (χ1n) is 3.46. The quantitative estimate of drug-likeness (QED) is 0.588. The van der Waals surface area contributed by atoms with Crippen LogP contribution in [-0.2, 0) is 0 Å². The summed E-state index contributed by atoms with van der Waals surface area (Å²) >= 11 is 1.89. The molecule has 1 rings (SSSR count). The molecule has 0 spiro atoms. The number of rotatable bonds is 1. The highest BCUT2D eigenvalue weighted by Crippen LogP contribution is 2.17. The van der Waals surface area contributed by atoms with Gasteiger partial charge in [-0.25, -0.2) is 4.39 Å². The van der Waals surface area contributed by atoms with Gasteiger partial charge in [0.2, 0.25) is 0 Å². The third-order valence-electron chi connectivity index (χ3n) is 1.56. The maximum absolute atomic E-state index is 13.1. The number of hydrogen-bond donors (Lipinski definition) is 0. The highest BCUT2D eigenvalue weighted by Gasteiger charge is 2.10. The van der Waals surface area contributed by atoms with Gasteiger partial charge in [0, 0.05) is 3.57 Å². The van der Waals surface area contributed by atoms with Gasteiger partial charge in [0.1, 0.15) is 11.9 Å². The zero-order chi connectivity index (χ0) is 10.0. The predicted molar refractivity (Wildman–Crippen MR) is 53.8 cm³/mol. The van der Waals surface area contributed by atoms with Crippen molar-refractivity contribution in [1.29, 1.82) is 5.26 Å². The van der Waals surface area contributed by atoms with E-state index in [1.54, 1.807) is 0 Å². The summed E-state index contributed by atoms with van der Waals surface area (Å²) in [5.41, 5.74) is 0.284.